The van der Waals surface area contributed by atoms with Crippen molar-refractivity contribution in [3.05, 3.63) is 23.8 Å². The van der Waals surface area contributed by atoms with Gasteiger partial charge in [0.25, 0.3) is 0 Å². The number of piperazine rings is 1. The lowest BCUT2D eigenvalue weighted by Gasteiger charge is -2.37. The number of carbonyl (C=O) groups excluding carboxylic acids is 1. The maximum absolute atomic E-state index is 13.3. The Bertz CT molecular complexity index is 831. The largest absolute Gasteiger partial charge is 0.417 e. The fourth-order valence-electron chi connectivity index (χ4n) is 3.63. The van der Waals surface area contributed by atoms with Gasteiger partial charge in [0, 0.05) is 31.9 Å². The van der Waals surface area contributed by atoms with Crippen LogP contribution in [0.25, 0.3) is 0 Å². The number of anilines is 1. The van der Waals surface area contributed by atoms with Crippen molar-refractivity contribution in [1.29, 1.82) is 0 Å². The second kappa shape index (κ2) is 7.88. The van der Waals surface area contributed by atoms with Gasteiger partial charge in [-0.05, 0) is 44.1 Å². The Kier molecular flexibility index (Phi) is 5.87. The average Bonchev–Trinajstić information content (AvgIpc) is 3.13. The number of likely N-dealkylation sites (tertiary alicyclic amines) is 1. The molecule has 11 heteroatoms. The molecule has 0 saturated carbocycles. The minimum Gasteiger partial charge on any atom is -0.368 e. The zero-order chi connectivity index (χ0) is 20.5. The van der Waals surface area contributed by atoms with E-state index >= 15 is 0 Å². The molecule has 28 heavy (non-hydrogen) atoms. The monoisotopic (exact) mass is 420 g/mol. The van der Waals surface area contributed by atoms with Gasteiger partial charge in [0.2, 0.25) is 15.9 Å². The van der Waals surface area contributed by atoms with Gasteiger partial charge in [0.05, 0.1) is 17.0 Å². The first-order valence-corrected chi connectivity index (χ1v) is 10.6. The van der Waals surface area contributed by atoms with Gasteiger partial charge in [-0.2, -0.15) is 13.2 Å². The van der Waals surface area contributed by atoms with E-state index in [0.717, 1.165) is 38.1 Å². The maximum Gasteiger partial charge on any atom is 0.417 e. The minimum absolute atomic E-state index is 0.0297. The number of nitrogens with zero attached hydrogens (tertiary/aromatic N) is 3. The number of primary sulfonamides is 1. The van der Waals surface area contributed by atoms with E-state index in [2.05, 4.69) is 4.90 Å². The van der Waals surface area contributed by atoms with Crippen LogP contribution >= 0.6 is 0 Å². The van der Waals surface area contributed by atoms with Crippen LogP contribution < -0.4 is 10.0 Å². The van der Waals surface area contributed by atoms with Crippen LogP contribution in [0.15, 0.2) is 23.1 Å². The Labute approximate surface area is 161 Å². The van der Waals surface area contributed by atoms with Gasteiger partial charge in [0.15, 0.2) is 0 Å². The van der Waals surface area contributed by atoms with Crippen molar-refractivity contribution >= 4 is 21.6 Å². The van der Waals surface area contributed by atoms with E-state index in [0.29, 0.717) is 32.7 Å². The molecule has 156 valence electrons. The molecule has 2 fully saturated rings. The molecule has 0 aromatic heterocycles. The zero-order valence-electron chi connectivity index (χ0n) is 15.3. The highest BCUT2D eigenvalue weighted by molar-refractivity contribution is 7.89. The van der Waals surface area contributed by atoms with Gasteiger partial charge in [-0.1, -0.05) is 0 Å². The van der Waals surface area contributed by atoms with Crippen molar-refractivity contribution < 1.29 is 26.4 Å². The Morgan fingerprint density at radius 2 is 1.64 bits per heavy atom. The second-order valence-electron chi connectivity index (χ2n) is 7.07. The van der Waals surface area contributed by atoms with Crippen LogP contribution in [0.4, 0.5) is 18.9 Å². The molecule has 2 heterocycles. The van der Waals surface area contributed by atoms with Crippen LogP contribution in [-0.4, -0.2) is 69.9 Å². The third kappa shape index (κ3) is 4.76. The van der Waals surface area contributed by atoms with E-state index in [1.54, 1.807) is 9.80 Å². The first-order valence-electron chi connectivity index (χ1n) is 9.05. The number of hydrogen-bond donors (Lipinski definition) is 1. The van der Waals surface area contributed by atoms with Crippen molar-refractivity contribution in [2.75, 3.05) is 50.7 Å². The molecular weight excluding hydrogens is 397 g/mol. The number of halogens is 3. The van der Waals surface area contributed by atoms with Crippen molar-refractivity contribution in [1.82, 2.24) is 9.80 Å². The Hall–Kier alpha value is -1.85. The normalized spacial score (nSPS) is 19.3. The number of nitrogens with two attached hydrogens (primary N) is 1. The van der Waals surface area contributed by atoms with Crippen LogP contribution in [-0.2, 0) is 21.0 Å². The highest BCUT2D eigenvalue weighted by Crippen LogP contribution is 2.36. The van der Waals surface area contributed by atoms with Crippen LogP contribution in [0, 0.1) is 0 Å². The predicted octanol–water partition coefficient (Wildman–Crippen LogP) is 1.10. The molecule has 1 aromatic carbocycles. The molecule has 2 aliphatic heterocycles. The summed E-state index contributed by atoms with van der Waals surface area (Å²) in [7, 11) is -4.49. The van der Waals surface area contributed by atoms with Gasteiger partial charge in [-0.25, -0.2) is 13.6 Å². The Morgan fingerprint density at radius 1 is 1.04 bits per heavy atom. The topological polar surface area (TPSA) is 87.0 Å². The van der Waals surface area contributed by atoms with Gasteiger partial charge >= 0.3 is 6.18 Å². The van der Waals surface area contributed by atoms with E-state index in [1.165, 1.54) is 6.07 Å². The Balaban J connectivity index is 1.69. The number of alkyl halides is 3. The fourth-order valence-corrected chi connectivity index (χ4v) is 4.37. The summed E-state index contributed by atoms with van der Waals surface area (Å²) in [4.78, 5) is 17.0. The van der Waals surface area contributed by atoms with Gasteiger partial charge in [0.1, 0.15) is 0 Å². The summed E-state index contributed by atoms with van der Waals surface area (Å²) in [6.07, 6.45) is -2.65. The molecule has 7 nitrogen and oxygen atoms in total. The number of benzene rings is 1. The van der Waals surface area contributed by atoms with Gasteiger partial charge in [-0.15, -0.1) is 0 Å². The van der Waals surface area contributed by atoms with E-state index in [1.807, 2.05) is 0 Å². The summed E-state index contributed by atoms with van der Waals surface area (Å²) in [5.74, 6) is 0.0297. The molecule has 2 N–H and O–H groups in total. The summed E-state index contributed by atoms with van der Waals surface area (Å²) >= 11 is 0. The van der Waals surface area contributed by atoms with E-state index in [4.69, 9.17) is 5.14 Å². The third-order valence-electron chi connectivity index (χ3n) is 5.13. The van der Waals surface area contributed by atoms with Crippen molar-refractivity contribution in [2.45, 2.75) is 23.9 Å². The molecule has 0 atom stereocenters. The minimum atomic E-state index is -4.84. The van der Waals surface area contributed by atoms with Crippen molar-refractivity contribution in [2.24, 2.45) is 5.14 Å². The number of carbonyl (C=O) groups is 1. The number of sulfonamides is 1. The number of rotatable bonds is 4. The fraction of sp³-hybridized carbons (Fsp3) is 0.588. The van der Waals surface area contributed by atoms with Crippen LogP contribution in [0.3, 0.4) is 0 Å². The maximum atomic E-state index is 13.3. The quantitative estimate of drug-likeness (QED) is 0.788. The van der Waals surface area contributed by atoms with Gasteiger partial charge in [-0.3, -0.25) is 9.69 Å². The lowest BCUT2D eigenvalue weighted by Crippen LogP contribution is -2.51. The third-order valence-corrected chi connectivity index (χ3v) is 6.10. The molecule has 3 rings (SSSR count). The molecule has 0 radical (unpaired) electrons. The number of amides is 1. The molecule has 2 saturated heterocycles. The smallest absolute Gasteiger partial charge is 0.368 e. The zero-order valence-corrected chi connectivity index (χ0v) is 16.1. The highest BCUT2D eigenvalue weighted by atomic mass is 32.2. The number of hydrogen-bond acceptors (Lipinski definition) is 5. The summed E-state index contributed by atoms with van der Waals surface area (Å²) in [6, 6.07) is 3.01. The van der Waals surface area contributed by atoms with E-state index in [9.17, 15) is 26.4 Å². The van der Waals surface area contributed by atoms with E-state index < -0.39 is 26.7 Å². The van der Waals surface area contributed by atoms with Crippen molar-refractivity contribution in [3.8, 4) is 0 Å². The lowest BCUT2D eigenvalue weighted by molar-refractivity contribution is -0.139. The summed E-state index contributed by atoms with van der Waals surface area (Å²) < 4.78 is 62.8. The molecule has 1 aromatic rings. The highest BCUT2D eigenvalue weighted by Gasteiger charge is 2.37. The van der Waals surface area contributed by atoms with Crippen LogP contribution in [0.5, 0.6) is 0 Å². The molecule has 0 aliphatic carbocycles. The lowest BCUT2D eigenvalue weighted by atomic mass is 10.1. The van der Waals surface area contributed by atoms with E-state index in [-0.39, 0.29) is 11.6 Å². The summed E-state index contributed by atoms with van der Waals surface area (Å²) in [6.45, 7) is 3.78. The Morgan fingerprint density at radius 3 is 2.18 bits per heavy atom. The molecule has 0 bridgehead atoms. The summed E-state index contributed by atoms with van der Waals surface area (Å²) in [5.41, 5.74) is -1.02. The second-order valence-corrected chi connectivity index (χ2v) is 8.60. The molecule has 0 spiro atoms. The molecule has 0 unspecified atom stereocenters. The SMILES string of the molecule is NS(=O)(=O)c1ccc(N2CCN(C(=O)CN3CCCC3)CC2)cc1C(F)(F)F. The van der Waals surface area contributed by atoms with Crippen LogP contribution in [0.2, 0.25) is 0 Å². The average molecular weight is 420 g/mol. The molecular formula is C17H23F3N4O3S. The van der Waals surface area contributed by atoms with Crippen molar-refractivity contribution in [3.63, 3.8) is 0 Å². The first-order chi connectivity index (χ1) is 13.1. The predicted molar refractivity (Wildman–Crippen MR) is 97.3 cm³/mol. The molecule has 1 amide bonds. The van der Waals surface area contributed by atoms with Crippen LogP contribution in [0.1, 0.15) is 18.4 Å². The first kappa shape index (κ1) is 20.9. The summed E-state index contributed by atoms with van der Waals surface area (Å²) in [5, 5.41) is 4.91. The molecule has 2 aliphatic rings. The standard InChI is InChI=1S/C17H23F3N4O3S/c18-17(19,20)14-11-13(3-4-15(14)28(21,26)27)23-7-9-24(10-8-23)16(25)12-22-5-1-2-6-22/h3-4,11H,1-2,5-10,12H2,(H2,21,26,27). The van der Waals surface area contributed by atoms with Gasteiger partial charge < -0.3 is 9.80 Å².